The van der Waals surface area contributed by atoms with Crippen molar-refractivity contribution in [1.29, 1.82) is 0 Å². The van der Waals surface area contributed by atoms with Crippen LogP contribution in [0.5, 0.6) is 5.75 Å². The third-order valence-corrected chi connectivity index (χ3v) is 5.61. The van der Waals surface area contributed by atoms with E-state index in [4.69, 9.17) is 9.47 Å². The molecule has 0 aromatic heterocycles. The molecule has 168 valence electrons. The van der Waals surface area contributed by atoms with E-state index in [0.29, 0.717) is 13.0 Å². The number of hydrogen-bond acceptors (Lipinski definition) is 3. The Kier molecular flexibility index (Phi) is 9.37. The third kappa shape index (κ3) is 7.56. The molecular formula is C29H34O3. The van der Waals surface area contributed by atoms with E-state index in [1.807, 2.05) is 49.4 Å². The van der Waals surface area contributed by atoms with Gasteiger partial charge in [0.25, 0.3) is 0 Å². The topological polar surface area (TPSA) is 35.5 Å². The highest BCUT2D eigenvalue weighted by Gasteiger charge is 2.12. The van der Waals surface area contributed by atoms with Gasteiger partial charge in [-0.1, -0.05) is 99.3 Å². The molecule has 32 heavy (non-hydrogen) atoms. The van der Waals surface area contributed by atoms with Crippen LogP contribution in [0.4, 0.5) is 0 Å². The molecule has 0 radical (unpaired) electrons. The lowest BCUT2D eigenvalue weighted by molar-refractivity contribution is -0.148. The van der Waals surface area contributed by atoms with Crippen LogP contribution in [0.2, 0.25) is 0 Å². The lowest BCUT2D eigenvalue weighted by Crippen LogP contribution is -2.08. The van der Waals surface area contributed by atoms with E-state index in [1.165, 1.54) is 19.3 Å². The summed E-state index contributed by atoms with van der Waals surface area (Å²) in [5, 5.41) is 0. The molecule has 0 amide bonds. The van der Waals surface area contributed by atoms with Gasteiger partial charge in [-0.3, -0.25) is 4.79 Å². The number of rotatable bonds is 12. The number of carbonyl (C=O) groups is 1. The minimum Gasteiger partial charge on any atom is -0.489 e. The van der Waals surface area contributed by atoms with Crippen LogP contribution in [0.25, 0.3) is 11.1 Å². The van der Waals surface area contributed by atoms with Crippen molar-refractivity contribution in [2.45, 2.75) is 65.1 Å². The van der Waals surface area contributed by atoms with Gasteiger partial charge in [-0.25, -0.2) is 0 Å². The summed E-state index contributed by atoms with van der Waals surface area (Å²) in [7, 11) is 0. The molecule has 0 bridgehead atoms. The molecule has 3 heteroatoms. The summed E-state index contributed by atoms with van der Waals surface area (Å²) in [6, 6.07) is 26.5. The highest BCUT2D eigenvalue weighted by atomic mass is 16.5. The van der Waals surface area contributed by atoms with Crippen LogP contribution in [-0.2, 0) is 16.1 Å². The molecule has 0 aliphatic heterocycles. The van der Waals surface area contributed by atoms with Gasteiger partial charge in [0.2, 0.25) is 0 Å². The molecule has 1 atom stereocenters. The molecule has 3 aromatic carbocycles. The lowest BCUT2D eigenvalue weighted by atomic mass is 10.0. The highest BCUT2D eigenvalue weighted by molar-refractivity contribution is 5.70. The fraction of sp³-hybridized carbons (Fsp3) is 0.345. The first-order valence-electron chi connectivity index (χ1n) is 11.7. The Balaban J connectivity index is 1.48. The Bertz CT molecular complexity index is 930. The fourth-order valence-corrected chi connectivity index (χ4v) is 3.63. The molecule has 3 aromatic rings. The van der Waals surface area contributed by atoms with Crippen molar-refractivity contribution in [3.05, 3.63) is 90.0 Å². The Morgan fingerprint density at radius 2 is 1.41 bits per heavy atom. The zero-order valence-electron chi connectivity index (χ0n) is 19.3. The van der Waals surface area contributed by atoms with Gasteiger partial charge in [0.05, 0.1) is 0 Å². The largest absolute Gasteiger partial charge is 0.489 e. The zero-order chi connectivity index (χ0) is 22.6. The number of carbonyl (C=O) groups excluding carboxylic acids is 1. The maximum atomic E-state index is 12.1. The normalized spacial score (nSPS) is 11.7. The molecular weight excluding hydrogens is 396 g/mol. The van der Waals surface area contributed by atoms with Gasteiger partial charge >= 0.3 is 5.97 Å². The van der Waals surface area contributed by atoms with Crippen LogP contribution in [0, 0.1) is 0 Å². The van der Waals surface area contributed by atoms with Crippen LogP contribution in [0.15, 0.2) is 78.9 Å². The average molecular weight is 431 g/mol. The van der Waals surface area contributed by atoms with Gasteiger partial charge in [0.15, 0.2) is 0 Å². The quantitative estimate of drug-likeness (QED) is 0.216. The van der Waals surface area contributed by atoms with Crippen molar-refractivity contribution in [2.24, 2.45) is 0 Å². The summed E-state index contributed by atoms with van der Waals surface area (Å²) < 4.78 is 11.5. The van der Waals surface area contributed by atoms with Crippen molar-refractivity contribution in [3.8, 4) is 16.9 Å². The minimum absolute atomic E-state index is 0.107. The summed E-state index contributed by atoms with van der Waals surface area (Å²) in [4.78, 5) is 12.1. The van der Waals surface area contributed by atoms with E-state index in [9.17, 15) is 4.79 Å². The van der Waals surface area contributed by atoms with Crippen molar-refractivity contribution in [2.75, 3.05) is 0 Å². The molecule has 0 aliphatic rings. The predicted octanol–water partition coefficient (Wildman–Crippen LogP) is 7.90. The number of hydrogen-bond donors (Lipinski definition) is 0. The van der Waals surface area contributed by atoms with E-state index >= 15 is 0 Å². The van der Waals surface area contributed by atoms with Gasteiger partial charge in [-0.05, 0) is 47.7 Å². The third-order valence-electron chi connectivity index (χ3n) is 5.61. The van der Waals surface area contributed by atoms with E-state index in [1.54, 1.807) is 0 Å². The molecule has 0 heterocycles. The van der Waals surface area contributed by atoms with Gasteiger partial charge in [0, 0.05) is 6.42 Å². The smallest absolute Gasteiger partial charge is 0.306 e. The van der Waals surface area contributed by atoms with Gasteiger partial charge in [0.1, 0.15) is 18.5 Å². The molecule has 1 unspecified atom stereocenters. The fourth-order valence-electron chi connectivity index (χ4n) is 3.63. The molecule has 3 rings (SSSR count). The number of benzene rings is 3. The van der Waals surface area contributed by atoms with Crippen molar-refractivity contribution in [3.63, 3.8) is 0 Å². The Hall–Kier alpha value is -3.07. The monoisotopic (exact) mass is 430 g/mol. The number of esters is 1. The van der Waals surface area contributed by atoms with Crippen LogP contribution < -0.4 is 4.74 Å². The van der Waals surface area contributed by atoms with Gasteiger partial charge < -0.3 is 9.47 Å². The predicted molar refractivity (Wildman–Crippen MR) is 131 cm³/mol. The summed E-state index contributed by atoms with van der Waals surface area (Å²) >= 11 is 0. The molecule has 0 fully saturated rings. The second-order valence-electron chi connectivity index (χ2n) is 8.22. The first kappa shape index (κ1) is 23.6. The second kappa shape index (κ2) is 12.7. The van der Waals surface area contributed by atoms with Gasteiger partial charge in [-0.2, -0.15) is 0 Å². The molecule has 0 saturated heterocycles. The van der Waals surface area contributed by atoms with Crippen molar-refractivity contribution in [1.82, 2.24) is 0 Å². The Labute approximate surface area is 192 Å². The SMILES string of the molecule is CCCCCCCC(=O)OC(C)c1ccc(-c2ccc(OCc3ccccc3)cc2)cc1. The van der Waals surface area contributed by atoms with Crippen molar-refractivity contribution < 1.29 is 14.3 Å². The van der Waals surface area contributed by atoms with E-state index in [2.05, 4.69) is 43.3 Å². The van der Waals surface area contributed by atoms with E-state index in [0.717, 1.165) is 40.8 Å². The molecule has 0 spiro atoms. The maximum Gasteiger partial charge on any atom is 0.306 e. The first-order valence-corrected chi connectivity index (χ1v) is 11.7. The molecule has 0 aliphatic carbocycles. The molecule has 0 N–H and O–H groups in total. The summed E-state index contributed by atoms with van der Waals surface area (Å²) in [6.07, 6.45) is 5.93. The average Bonchev–Trinajstić information content (AvgIpc) is 2.84. The summed E-state index contributed by atoms with van der Waals surface area (Å²) in [6.45, 7) is 4.69. The molecule has 0 saturated carbocycles. The Morgan fingerprint density at radius 3 is 2.06 bits per heavy atom. The van der Waals surface area contributed by atoms with Crippen molar-refractivity contribution >= 4 is 5.97 Å². The number of unbranched alkanes of at least 4 members (excludes halogenated alkanes) is 4. The second-order valence-corrected chi connectivity index (χ2v) is 8.22. The van der Waals surface area contributed by atoms with E-state index in [-0.39, 0.29) is 12.1 Å². The van der Waals surface area contributed by atoms with Crippen LogP contribution in [-0.4, -0.2) is 5.97 Å². The van der Waals surface area contributed by atoms with E-state index < -0.39 is 0 Å². The maximum absolute atomic E-state index is 12.1. The minimum atomic E-state index is -0.235. The van der Waals surface area contributed by atoms with Crippen LogP contribution in [0.3, 0.4) is 0 Å². The van der Waals surface area contributed by atoms with Gasteiger partial charge in [-0.15, -0.1) is 0 Å². The zero-order valence-corrected chi connectivity index (χ0v) is 19.3. The molecule has 3 nitrogen and oxygen atoms in total. The first-order chi connectivity index (χ1) is 15.7. The number of ether oxygens (including phenoxy) is 2. The summed E-state index contributed by atoms with van der Waals surface area (Å²) in [5.41, 5.74) is 4.41. The standard InChI is InChI=1S/C29H34O3/c1-3-4-5-6-10-13-29(30)32-23(2)25-14-16-26(17-15-25)27-18-20-28(21-19-27)31-22-24-11-8-7-9-12-24/h7-9,11-12,14-21,23H,3-6,10,13,22H2,1-2H3. The highest BCUT2D eigenvalue weighted by Crippen LogP contribution is 2.26. The lowest BCUT2D eigenvalue weighted by Gasteiger charge is -2.14. The van der Waals surface area contributed by atoms with Crippen LogP contribution in [0.1, 0.15) is 69.6 Å². The van der Waals surface area contributed by atoms with Crippen LogP contribution >= 0.6 is 0 Å². The Morgan fingerprint density at radius 1 is 0.781 bits per heavy atom. The summed E-state index contributed by atoms with van der Waals surface area (Å²) in [5.74, 6) is 0.744.